The first-order chi connectivity index (χ1) is 7.38. The lowest BCUT2D eigenvalue weighted by Gasteiger charge is -2.00. The van der Waals surface area contributed by atoms with E-state index in [1.165, 1.54) is 0 Å². The summed E-state index contributed by atoms with van der Waals surface area (Å²) in [5.74, 6) is 6.85. The third kappa shape index (κ3) is 3.86. The standard InChI is InChI=1S/C13H14O2/c1-15-13-10-6-5-9-12(13)8-4-2-3-7-11-14/h5-6,9-11H,2-3,7H2,1H3. The van der Waals surface area contributed by atoms with Gasteiger partial charge in [-0.25, -0.2) is 0 Å². The van der Waals surface area contributed by atoms with Gasteiger partial charge in [0.05, 0.1) is 12.7 Å². The van der Waals surface area contributed by atoms with Gasteiger partial charge in [-0.05, 0) is 18.6 Å². The maximum Gasteiger partial charge on any atom is 0.134 e. The molecule has 0 radical (unpaired) electrons. The number of hydrogen-bond donors (Lipinski definition) is 0. The second kappa shape index (κ2) is 6.67. The lowest BCUT2D eigenvalue weighted by molar-refractivity contribution is -0.107. The lowest BCUT2D eigenvalue weighted by atomic mass is 10.2. The summed E-state index contributed by atoms with van der Waals surface area (Å²) in [7, 11) is 1.63. The highest BCUT2D eigenvalue weighted by Gasteiger charge is 1.95. The quantitative estimate of drug-likeness (QED) is 0.426. The maximum absolute atomic E-state index is 10.1. The fourth-order valence-corrected chi connectivity index (χ4v) is 1.18. The number of rotatable bonds is 4. The van der Waals surface area contributed by atoms with Gasteiger partial charge in [0.15, 0.2) is 0 Å². The van der Waals surface area contributed by atoms with Gasteiger partial charge >= 0.3 is 0 Å². The van der Waals surface area contributed by atoms with E-state index in [1.54, 1.807) is 7.11 Å². The zero-order valence-corrected chi connectivity index (χ0v) is 8.82. The van der Waals surface area contributed by atoms with Gasteiger partial charge in [0, 0.05) is 12.8 Å². The third-order valence-corrected chi connectivity index (χ3v) is 1.95. The monoisotopic (exact) mass is 202 g/mol. The minimum atomic E-state index is 0.584. The van der Waals surface area contributed by atoms with Crippen molar-refractivity contribution >= 4 is 6.29 Å². The number of carbonyl (C=O) groups excluding carboxylic acids is 1. The largest absolute Gasteiger partial charge is 0.495 e. The minimum Gasteiger partial charge on any atom is -0.495 e. The number of hydrogen-bond acceptors (Lipinski definition) is 2. The Morgan fingerprint density at radius 2 is 2.20 bits per heavy atom. The summed E-state index contributed by atoms with van der Waals surface area (Å²) in [5, 5.41) is 0. The zero-order chi connectivity index (χ0) is 10.9. The number of para-hydroxylation sites is 1. The Morgan fingerprint density at radius 1 is 1.40 bits per heavy atom. The van der Waals surface area contributed by atoms with E-state index >= 15 is 0 Å². The normalized spacial score (nSPS) is 8.87. The van der Waals surface area contributed by atoms with E-state index in [-0.39, 0.29) is 0 Å². The van der Waals surface area contributed by atoms with Crippen LogP contribution >= 0.6 is 0 Å². The molecule has 0 heterocycles. The van der Waals surface area contributed by atoms with Gasteiger partial charge in [-0.1, -0.05) is 24.0 Å². The molecular formula is C13H14O2. The molecule has 1 aromatic carbocycles. The number of unbranched alkanes of at least 4 members (excludes halogenated alkanes) is 2. The Kier molecular flexibility index (Phi) is 5.03. The van der Waals surface area contributed by atoms with E-state index in [2.05, 4.69) is 11.8 Å². The molecule has 0 unspecified atom stereocenters. The third-order valence-electron chi connectivity index (χ3n) is 1.95. The second-order valence-electron chi connectivity index (χ2n) is 3.06. The van der Waals surface area contributed by atoms with Crippen LogP contribution in [-0.2, 0) is 4.79 Å². The van der Waals surface area contributed by atoms with Crippen molar-refractivity contribution in [2.75, 3.05) is 7.11 Å². The highest BCUT2D eigenvalue weighted by Crippen LogP contribution is 2.15. The van der Waals surface area contributed by atoms with Crippen LogP contribution in [0.4, 0.5) is 0 Å². The number of ether oxygens (including phenoxy) is 1. The SMILES string of the molecule is COc1ccccc1C#CCCCC=O. The molecule has 78 valence electrons. The average Bonchev–Trinajstić information content (AvgIpc) is 2.29. The van der Waals surface area contributed by atoms with E-state index in [9.17, 15) is 4.79 Å². The summed E-state index contributed by atoms with van der Waals surface area (Å²) in [4.78, 5) is 10.1. The fraction of sp³-hybridized carbons (Fsp3) is 0.308. The molecule has 0 aliphatic rings. The summed E-state index contributed by atoms with van der Waals surface area (Å²) >= 11 is 0. The molecule has 0 aromatic heterocycles. The van der Waals surface area contributed by atoms with Crippen molar-refractivity contribution in [1.29, 1.82) is 0 Å². The van der Waals surface area contributed by atoms with Crippen LogP contribution in [-0.4, -0.2) is 13.4 Å². The van der Waals surface area contributed by atoms with Crippen molar-refractivity contribution in [3.8, 4) is 17.6 Å². The average molecular weight is 202 g/mol. The van der Waals surface area contributed by atoms with Gasteiger partial charge in [0.1, 0.15) is 12.0 Å². The molecule has 15 heavy (non-hydrogen) atoms. The second-order valence-corrected chi connectivity index (χ2v) is 3.06. The Hall–Kier alpha value is -1.75. The summed E-state index contributed by atoms with van der Waals surface area (Å²) in [6.07, 6.45) is 3.08. The van der Waals surface area contributed by atoms with E-state index in [4.69, 9.17) is 4.74 Å². The van der Waals surface area contributed by atoms with Crippen molar-refractivity contribution in [2.45, 2.75) is 19.3 Å². The fourth-order valence-electron chi connectivity index (χ4n) is 1.18. The molecule has 0 atom stereocenters. The Bertz CT molecular complexity index is 372. The molecule has 1 aromatic rings. The van der Waals surface area contributed by atoms with E-state index in [0.29, 0.717) is 6.42 Å². The summed E-state index contributed by atoms with van der Waals surface area (Å²) in [5.41, 5.74) is 0.895. The van der Waals surface area contributed by atoms with Gasteiger partial charge in [0.25, 0.3) is 0 Å². The number of methoxy groups -OCH3 is 1. The molecule has 0 saturated carbocycles. The van der Waals surface area contributed by atoms with E-state index in [0.717, 1.165) is 30.4 Å². The number of carbonyl (C=O) groups is 1. The van der Waals surface area contributed by atoms with Crippen LogP contribution in [0, 0.1) is 11.8 Å². The molecule has 0 amide bonds. The smallest absolute Gasteiger partial charge is 0.134 e. The van der Waals surface area contributed by atoms with Gasteiger partial charge in [-0.2, -0.15) is 0 Å². The van der Waals surface area contributed by atoms with Crippen LogP contribution in [0.2, 0.25) is 0 Å². The highest BCUT2D eigenvalue weighted by atomic mass is 16.5. The molecule has 0 bridgehead atoms. The summed E-state index contributed by atoms with van der Waals surface area (Å²) in [6, 6.07) is 7.65. The predicted octanol–water partition coefficient (Wildman–Crippen LogP) is 2.42. The van der Waals surface area contributed by atoms with Crippen LogP contribution < -0.4 is 4.74 Å². The first-order valence-electron chi connectivity index (χ1n) is 4.94. The molecular weight excluding hydrogens is 188 g/mol. The van der Waals surface area contributed by atoms with Crippen LogP contribution in [0.1, 0.15) is 24.8 Å². The molecule has 0 aliphatic carbocycles. The molecule has 0 N–H and O–H groups in total. The van der Waals surface area contributed by atoms with Crippen molar-refractivity contribution in [3.05, 3.63) is 29.8 Å². The summed E-state index contributed by atoms with van der Waals surface area (Å²) in [6.45, 7) is 0. The van der Waals surface area contributed by atoms with Crippen molar-refractivity contribution < 1.29 is 9.53 Å². The Labute approximate surface area is 90.3 Å². The molecule has 2 nitrogen and oxygen atoms in total. The molecule has 2 heteroatoms. The number of aldehydes is 1. The molecule has 0 saturated heterocycles. The summed E-state index contributed by atoms with van der Waals surface area (Å²) < 4.78 is 5.16. The zero-order valence-electron chi connectivity index (χ0n) is 8.82. The van der Waals surface area contributed by atoms with Crippen LogP contribution in [0.3, 0.4) is 0 Å². The molecule has 0 spiro atoms. The minimum absolute atomic E-state index is 0.584. The van der Waals surface area contributed by atoms with Gasteiger partial charge in [0.2, 0.25) is 0 Å². The molecule has 0 fully saturated rings. The van der Waals surface area contributed by atoms with Crippen LogP contribution in [0.5, 0.6) is 5.75 Å². The van der Waals surface area contributed by atoms with Crippen molar-refractivity contribution in [1.82, 2.24) is 0 Å². The Morgan fingerprint density at radius 3 is 2.93 bits per heavy atom. The van der Waals surface area contributed by atoms with Crippen molar-refractivity contribution in [2.24, 2.45) is 0 Å². The van der Waals surface area contributed by atoms with Crippen molar-refractivity contribution in [3.63, 3.8) is 0 Å². The molecule has 1 rings (SSSR count). The first kappa shape index (κ1) is 11.3. The number of benzene rings is 1. The van der Waals surface area contributed by atoms with Crippen LogP contribution in [0.15, 0.2) is 24.3 Å². The molecule has 0 aliphatic heterocycles. The van der Waals surface area contributed by atoms with E-state index < -0.39 is 0 Å². The first-order valence-corrected chi connectivity index (χ1v) is 4.94. The van der Waals surface area contributed by atoms with Gasteiger partial charge in [-0.15, -0.1) is 0 Å². The Balaban J connectivity index is 2.58. The van der Waals surface area contributed by atoms with Crippen LogP contribution in [0.25, 0.3) is 0 Å². The van der Waals surface area contributed by atoms with E-state index in [1.807, 2.05) is 24.3 Å². The topological polar surface area (TPSA) is 26.3 Å². The predicted molar refractivity (Wildman–Crippen MR) is 59.8 cm³/mol. The maximum atomic E-state index is 10.1. The lowest BCUT2D eigenvalue weighted by Crippen LogP contribution is -1.86. The highest BCUT2D eigenvalue weighted by molar-refractivity contribution is 5.49. The van der Waals surface area contributed by atoms with Gasteiger partial charge in [-0.3, -0.25) is 0 Å². The van der Waals surface area contributed by atoms with Gasteiger partial charge < -0.3 is 9.53 Å².